The molecule has 1 saturated carbocycles. The van der Waals surface area contributed by atoms with Gasteiger partial charge in [-0.05, 0) is 54.5 Å². The second kappa shape index (κ2) is 4.82. The van der Waals surface area contributed by atoms with Gasteiger partial charge in [0, 0.05) is 23.8 Å². The number of carbonyl (C=O) groups is 1. The molecule has 1 aromatic rings. The summed E-state index contributed by atoms with van der Waals surface area (Å²) in [6.07, 6.45) is 2.86. The van der Waals surface area contributed by atoms with Crippen LogP contribution in [0.25, 0.3) is 0 Å². The summed E-state index contributed by atoms with van der Waals surface area (Å²) in [5, 5.41) is 3.74. The average molecular weight is 299 g/mol. The van der Waals surface area contributed by atoms with Gasteiger partial charge in [-0.2, -0.15) is 0 Å². The van der Waals surface area contributed by atoms with E-state index in [-0.39, 0.29) is 11.3 Å². The molecule has 1 N–H and O–H groups in total. The first-order valence-electron chi connectivity index (χ1n) is 8.50. The molecule has 0 radical (unpaired) electrons. The molecule has 1 heterocycles. The van der Waals surface area contributed by atoms with Gasteiger partial charge in [0.15, 0.2) is 0 Å². The fourth-order valence-electron chi connectivity index (χ4n) is 5.48. The fourth-order valence-corrected chi connectivity index (χ4v) is 5.48. The van der Waals surface area contributed by atoms with Crippen molar-refractivity contribution in [3.63, 3.8) is 0 Å². The molecule has 22 heavy (non-hydrogen) atoms. The average Bonchev–Trinajstić information content (AvgIpc) is 2.52. The van der Waals surface area contributed by atoms with Crippen LogP contribution in [0.5, 0.6) is 5.75 Å². The predicted octanol–water partition coefficient (Wildman–Crippen LogP) is 2.71. The lowest BCUT2D eigenvalue weighted by molar-refractivity contribution is -0.134. The molecule has 2 fully saturated rings. The van der Waals surface area contributed by atoms with E-state index in [9.17, 15) is 4.79 Å². The normalized spacial score (nSPS) is 39.9. The van der Waals surface area contributed by atoms with Crippen molar-refractivity contribution < 1.29 is 9.53 Å². The molecule has 3 aliphatic rings. The van der Waals surface area contributed by atoms with Gasteiger partial charge in [-0.15, -0.1) is 0 Å². The van der Waals surface area contributed by atoms with Crippen LogP contribution in [0.4, 0.5) is 0 Å². The molecule has 1 aromatic carbocycles. The molecular formula is C19H25NO2. The summed E-state index contributed by atoms with van der Waals surface area (Å²) in [4.78, 5) is 12.7. The molecule has 3 nitrogen and oxygen atoms in total. The van der Waals surface area contributed by atoms with E-state index in [1.54, 1.807) is 7.11 Å². The van der Waals surface area contributed by atoms with Crippen LogP contribution >= 0.6 is 0 Å². The van der Waals surface area contributed by atoms with Crippen LogP contribution in [0.1, 0.15) is 37.8 Å². The monoisotopic (exact) mass is 299 g/mol. The number of carbonyl (C=O) groups excluding carboxylic acids is 1. The molecular weight excluding hydrogens is 274 g/mol. The summed E-state index contributed by atoms with van der Waals surface area (Å²) >= 11 is 0. The minimum Gasteiger partial charge on any atom is -0.497 e. The van der Waals surface area contributed by atoms with Gasteiger partial charge in [-0.1, -0.05) is 19.9 Å². The highest BCUT2D eigenvalue weighted by molar-refractivity contribution is 5.84. The summed E-state index contributed by atoms with van der Waals surface area (Å²) in [7, 11) is 1.72. The molecule has 5 atom stereocenters. The van der Waals surface area contributed by atoms with Gasteiger partial charge in [0.2, 0.25) is 0 Å². The van der Waals surface area contributed by atoms with Gasteiger partial charge in [-0.25, -0.2) is 0 Å². The summed E-state index contributed by atoms with van der Waals surface area (Å²) in [5.41, 5.74) is 2.83. The number of fused-ring (bicyclic) bond motifs is 1. The first-order chi connectivity index (χ1) is 10.6. The Hall–Kier alpha value is -1.35. The Labute approximate surface area is 132 Å². The van der Waals surface area contributed by atoms with Crippen molar-refractivity contribution in [2.45, 2.75) is 44.6 Å². The van der Waals surface area contributed by atoms with Crippen LogP contribution in [-0.2, 0) is 16.6 Å². The number of piperidine rings is 1. The van der Waals surface area contributed by atoms with Crippen LogP contribution in [0.3, 0.4) is 0 Å². The van der Waals surface area contributed by atoms with E-state index in [1.165, 1.54) is 11.1 Å². The van der Waals surface area contributed by atoms with Gasteiger partial charge in [-0.3, -0.25) is 4.79 Å². The standard InChI is InChI=1S/C19H25NO2/c1-11-12(2)18-16-8-13-4-5-14(22-3)9-15(13)19(18,6-7-20-16)10-17(11)21/h4-5,9,11-12,16,18,20H,6-8,10H2,1-3H3/t11?,12?,16-,18+,19-/m1/s1. The highest BCUT2D eigenvalue weighted by Crippen LogP contribution is 2.56. The van der Waals surface area contributed by atoms with Crippen LogP contribution < -0.4 is 10.1 Å². The van der Waals surface area contributed by atoms with Crippen LogP contribution in [0, 0.1) is 17.8 Å². The zero-order valence-electron chi connectivity index (χ0n) is 13.7. The third-order valence-corrected chi connectivity index (χ3v) is 6.70. The lowest BCUT2D eigenvalue weighted by Crippen LogP contribution is -2.64. The largest absolute Gasteiger partial charge is 0.497 e. The van der Waals surface area contributed by atoms with Crippen molar-refractivity contribution in [3.8, 4) is 5.75 Å². The van der Waals surface area contributed by atoms with Crippen LogP contribution in [0.2, 0.25) is 0 Å². The second-order valence-corrected chi connectivity index (χ2v) is 7.51. The maximum absolute atomic E-state index is 12.7. The molecule has 2 unspecified atom stereocenters. The van der Waals surface area contributed by atoms with Crippen molar-refractivity contribution in [2.24, 2.45) is 17.8 Å². The fraction of sp³-hybridized carbons (Fsp3) is 0.632. The van der Waals surface area contributed by atoms with Gasteiger partial charge >= 0.3 is 0 Å². The third kappa shape index (κ3) is 1.75. The van der Waals surface area contributed by atoms with E-state index < -0.39 is 0 Å². The molecule has 118 valence electrons. The lowest BCUT2D eigenvalue weighted by Gasteiger charge is -2.58. The van der Waals surface area contributed by atoms with Gasteiger partial charge < -0.3 is 10.1 Å². The first-order valence-corrected chi connectivity index (χ1v) is 8.50. The minimum absolute atomic E-state index is 0.0288. The molecule has 0 spiro atoms. The number of rotatable bonds is 1. The van der Waals surface area contributed by atoms with E-state index in [0.29, 0.717) is 30.1 Å². The molecule has 4 rings (SSSR count). The van der Waals surface area contributed by atoms with E-state index in [1.807, 2.05) is 0 Å². The van der Waals surface area contributed by atoms with E-state index in [0.717, 1.165) is 25.1 Å². The zero-order valence-corrected chi connectivity index (χ0v) is 13.7. The van der Waals surface area contributed by atoms with E-state index in [2.05, 4.69) is 37.4 Å². The number of methoxy groups -OCH3 is 1. The zero-order chi connectivity index (χ0) is 15.5. The van der Waals surface area contributed by atoms with Crippen molar-refractivity contribution in [3.05, 3.63) is 29.3 Å². The molecule has 2 aliphatic carbocycles. The topological polar surface area (TPSA) is 38.3 Å². The van der Waals surface area contributed by atoms with Crippen molar-refractivity contribution in [1.29, 1.82) is 0 Å². The van der Waals surface area contributed by atoms with Gasteiger partial charge in [0.1, 0.15) is 11.5 Å². The Balaban J connectivity index is 1.91. The Kier molecular flexibility index (Phi) is 3.12. The second-order valence-electron chi connectivity index (χ2n) is 7.51. The molecule has 1 saturated heterocycles. The van der Waals surface area contributed by atoms with Gasteiger partial charge in [0.25, 0.3) is 0 Å². The van der Waals surface area contributed by atoms with Crippen LogP contribution in [0.15, 0.2) is 18.2 Å². The van der Waals surface area contributed by atoms with Crippen LogP contribution in [-0.4, -0.2) is 25.5 Å². The maximum atomic E-state index is 12.7. The highest BCUT2D eigenvalue weighted by atomic mass is 16.5. The summed E-state index contributed by atoms with van der Waals surface area (Å²) in [6.45, 7) is 5.43. The van der Waals surface area contributed by atoms with Crippen molar-refractivity contribution in [1.82, 2.24) is 5.32 Å². The maximum Gasteiger partial charge on any atom is 0.136 e. The number of ether oxygens (including phenoxy) is 1. The number of Topliss-reactive ketones (excluding diaryl/α,β-unsaturated/α-hetero) is 1. The number of hydrogen-bond acceptors (Lipinski definition) is 3. The third-order valence-electron chi connectivity index (χ3n) is 6.70. The lowest BCUT2D eigenvalue weighted by atomic mass is 9.48. The molecule has 3 heteroatoms. The van der Waals surface area contributed by atoms with E-state index in [4.69, 9.17) is 4.74 Å². The Bertz CT molecular complexity index is 626. The number of nitrogens with one attached hydrogen (secondary N) is 1. The number of hydrogen-bond donors (Lipinski definition) is 1. The minimum atomic E-state index is 0.0288. The Morgan fingerprint density at radius 1 is 1.32 bits per heavy atom. The summed E-state index contributed by atoms with van der Waals surface area (Å²) in [6, 6.07) is 6.99. The molecule has 0 amide bonds. The summed E-state index contributed by atoms with van der Waals surface area (Å²) in [5.74, 6) is 2.56. The summed E-state index contributed by atoms with van der Waals surface area (Å²) < 4.78 is 5.47. The molecule has 0 aromatic heterocycles. The smallest absolute Gasteiger partial charge is 0.136 e. The SMILES string of the molecule is COc1ccc2c(c1)[C@]13CCN[C@H](C2)[C@@H]1C(C)C(C)C(=O)C3. The van der Waals surface area contributed by atoms with E-state index >= 15 is 0 Å². The number of benzene rings is 1. The first kappa shape index (κ1) is 14.3. The quantitative estimate of drug-likeness (QED) is 0.866. The molecule has 2 bridgehead atoms. The predicted molar refractivity (Wildman–Crippen MR) is 86.2 cm³/mol. The number of ketones is 1. The van der Waals surface area contributed by atoms with Gasteiger partial charge in [0.05, 0.1) is 7.11 Å². The van der Waals surface area contributed by atoms with Crippen molar-refractivity contribution >= 4 is 5.78 Å². The Morgan fingerprint density at radius 2 is 2.14 bits per heavy atom. The molecule has 1 aliphatic heterocycles. The van der Waals surface area contributed by atoms with Crippen molar-refractivity contribution in [2.75, 3.05) is 13.7 Å². The highest BCUT2D eigenvalue weighted by Gasteiger charge is 2.57. The Morgan fingerprint density at radius 3 is 2.91 bits per heavy atom.